The Hall–Kier alpha value is -1.12. The lowest BCUT2D eigenvalue weighted by Gasteiger charge is -2.12. The lowest BCUT2D eigenvalue weighted by molar-refractivity contribution is 0.633. The molecule has 0 saturated heterocycles. The topological polar surface area (TPSA) is 67.1 Å². The minimum atomic E-state index is 0. The molecule has 0 fully saturated rings. The third kappa shape index (κ3) is 8.03. The number of halogens is 1. The number of guanidine groups is 1. The minimum Gasteiger partial charge on any atom is -0.355 e. The number of aryl methyl sites for hydroxylation is 1. The van der Waals surface area contributed by atoms with Crippen LogP contribution in [0.15, 0.2) is 24.0 Å². The molecule has 1 rings (SSSR count). The molecular formula is C14H27IN6. The molecule has 6 nitrogen and oxygen atoms in total. The van der Waals surface area contributed by atoms with Crippen molar-refractivity contribution >= 4 is 29.9 Å². The molecule has 0 amide bonds. The summed E-state index contributed by atoms with van der Waals surface area (Å²) in [7, 11) is 0. The molecule has 1 aromatic heterocycles. The lowest BCUT2D eigenvalue weighted by atomic mass is 10.3. The van der Waals surface area contributed by atoms with Crippen LogP contribution in [0.2, 0.25) is 0 Å². The van der Waals surface area contributed by atoms with Gasteiger partial charge in [0.25, 0.3) is 0 Å². The Morgan fingerprint density at radius 2 is 2.24 bits per heavy atom. The third-order valence-corrected chi connectivity index (χ3v) is 2.85. The molecule has 0 saturated carbocycles. The highest BCUT2D eigenvalue weighted by Gasteiger charge is 2.01. The van der Waals surface area contributed by atoms with E-state index in [2.05, 4.69) is 50.8 Å². The normalized spacial score (nSPS) is 10.9. The zero-order valence-electron chi connectivity index (χ0n) is 13.0. The summed E-state index contributed by atoms with van der Waals surface area (Å²) in [6.45, 7) is 11.1. The maximum Gasteiger partial charge on any atom is 0.191 e. The minimum absolute atomic E-state index is 0. The van der Waals surface area contributed by atoms with E-state index in [4.69, 9.17) is 0 Å². The zero-order chi connectivity index (χ0) is 14.6. The Morgan fingerprint density at radius 3 is 2.90 bits per heavy atom. The summed E-state index contributed by atoms with van der Waals surface area (Å²) < 4.78 is 2.06. The second-order valence-electron chi connectivity index (χ2n) is 4.47. The maximum atomic E-state index is 4.52. The average molecular weight is 406 g/mol. The van der Waals surface area contributed by atoms with Crippen molar-refractivity contribution in [3.8, 4) is 0 Å². The number of nitrogens with zero attached hydrogens (tertiary/aromatic N) is 4. The third-order valence-electron chi connectivity index (χ3n) is 2.85. The van der Waals surface area contributed by atoms with E-state index < -0.39 is 0 Å². The van der Waals surface area contributed by atoms with Gasteiger partial charge < -0.3 is 15.2 Å². The predicted molar refractivity (Wildman–Crippen MR) is 98.2 cm³/mol. The van der Waals surface area contributed by atoms with Gasteiger partial charge >= 0.3 is 0 Å². The number of nitrogens with one attached hydrogen (secondary N) is 2. The maximum absolute atomic E-state index is 4.52. The van der Waals surface area contributed by atoms with Crippen molar-refractivity contribution in [1.29, 1.82) is 0 Å². The standard InChI is InChI=1S/C14H26N6.HI/c1-4-7-9-16-14(15-8-5-2)17-10-11-20-12-18-19-13(20)6-3;/h5,12H,2,4,6-11H2,1,3H3,(H2,15,16,17);1H. The van der Waals surface area contributed by atoms with Crippen molar-refractivity contribution in [3.63, 3.8) is 0 Å². The fourth-order valence-corrected chi connectivity index (χ4v) is 1.73. The molecule has 0 bridgehead atoms. The Labute approximate surface area is 144 Å². The summed E-state index contributed by atoms with van der Waals surface area (Å²) in [5, 5.41) is 14.5. The monoisotopic (exact) mass is 406 g/mol. The number of unbranched alkanes of at least 4 members (excludes halogenated alkanes) is 1. The van der Waals surface area contributed by atoms with E-state index >= 15 is 0 Å². The molecule has 21 heavy (non-hydrogen) atoms. The van der Waals surface area contributed by atoms with Crippen molar-refractivity contribution in [3.05, 3.63) is 24.8 Å². The molecule has 0 spiro atoms. The second-order valence-corrected chi connectivity index (χ2v) is 4.47. The molecule has 0 radical (unpaired) electrons. The van der Waals surface area contributed by atoms with Crippen LogP contribution in [0.4, 0.5) is 0 Å². The molecule has 1 aromatic rings. The first-order valence-corrected chi connectivity index (χ1v) is 7.31. The fraction of sp³-hybridized carbons (Fsp3) is 0.643. The van der Waals surface area contributed by atoms with Gasteiger partial charge in [0.05, 0.1) is 0 Å². The molecular weight excluding hydrogens is 379 g/mol. The average Bonchev–Trinajstić information content (AvgIpc) is 2.91. The van der Waals surface area contributed by atoms with Crippen LogP contribution in [0, 0.1) is 0 Å². The molecule has 0 aliphatic heterocycles. The summed E-state index contributed by atoms with van der Waals surface area (Å²) in [6, 6.07) is 0. The highest BCUT2D eigenvalue weighted by molar-refractivity contribution is 14.0. The largest absolute Gasteiger partial charge is 0.355 e. The van der Waals surface area contributed by atoms with Crippen LogP contribution in [-0.2, 0) is 13.0 Å². The smallest absolute Gasteiger partial charge is 0.191 e. The predicted octanol–water partition coefficient (Wildman–Crippen LogP) is 1.98. The summed E-state index contributed by atoms with van der Waals surface area (Å²) >= 11 is 0. The molecule has 7 heteroatoms. The van der Waals surface area contributed by atoms with Gasteiger partial charge in [-0.2, -0.15) is 0 Å². The molecule has 0 atom stereocenters. The Morgan fingerprint density at radius 1 is 1.43 bits per heavy atom. The zero-order valence-corrected chi connectivity index (χ0v) is 15.3. The molecule has 0 aliphatic carbocycles. The Bertz CT molecular complexity index is 415. The van der Waals surface area contributed by atoms with Gasteiger partial charge in [-0.25, -0.2) is 0 Å². The van der Waals surface area contributed by atoms with Crippen molar-refractivity contribution in [2.75, 3.05) is 19.6 Å². The summed E-state index contributed by atoms with van der Waals surface area (Å²) in [5.41, 5.74) is 0. The first kappa shape index (κ1) is 19.9. The van der Waals surface area contributed by atoms with E-state index in [1.54, 1.807) is 6.33 Å². The molecule has 1 heterocycles. The van der Waals surface area contributed by atoms with Crippen LogP contribution in [0.25, 0.3) is 0 Å². The van der Waals surface area contributed by atoms with Crippen molar-refractivity contribution in [2.24, 2.45) is 4.99 Å². The van der Waals surface area contributed by atoms with Gasteiger partial charge in [-0.3, -0.25) is 4.99 Å². The molecule has 0 unspecified atom stereocenters. The van der Waals surface area contributed by atoms with Crippen LogP contribution in [0.3, 0.4) is 0 Å². The summed E-state index contributed by atoms with van der Waals surface area (Å²) in [5.74, 6) is 1.85. The summed E-state index contributed by atoms with van der Waals surface area (Å²) in [4.78, 5) is 4.52. The van der Waals surface area contributed by atoms with Gasteiger partial charge in [0, 0.05) is 32.6 Å². The molecule has 0 aromatic carbocycles. The van der Waals surface area contributed by atoms with Crippen molar-refractivity contribution < 1.29 is 0 Å². The Kier molecular flexibility index (Phi) is 11.9. The van der Waals surface area contributed by atoms with Gasteiger partial charge in [0.15, 0.2) is 5.96 Å². The lowest BCUT2D eigenvalue weighted by Crippen LogP contribution is -2.39. The molecule has 2 N–H and O–H groups in total. The van der Waals surface area contributed by atoms with Crippen LogP contribution < -0.4 is 10.6 Å². The highest BCUT2D eigenvalue weighted by Crippen LogP contribution is 1.94. The second kappa shape index (κ2) is 12.6. The van der Waals surface area contributed by atoms with Crippen LogP contribution in [0.1, 0.15) is 32.5 Å². The van der Waals surface area contributed by atoms with Crippen LogP contribution in [-0.4, -0.2) is 40.4 Å². The first-order chi connectivity index (χ1) is 9.81. The first-order valence-electron chi connectivity index (χ1n) is 7.31. The van der Waals surface area contributed by atoms with Crippen LogP contribution in [0.5, 0.6) is 0 Å². The van der Waals surface area contributed by atoms with E-state index in [9.17, 15) is 0 Å². The van der Waals surface area contributed by atoms with Gasteiger partial charge in [0.2, 0.25) is 0 Å². The van der Waals surface area contributed by atoms with Gasteiger partial charge in [-0.05, 0) is 6.42 Å². The number of aromatic nitrogens is 3. The molecule has 120 valence electrons. The van der Waals surface area contributed by atoms with Crippen molar-refractivity contribution in [2.45, 2.75) is 39.7 Å². The van der Waals surface area contributed by atoms with Crippen molar-refractivity contribution in [1.82, 2.24) is 25.4 Å². The fourth-order valence-electron chi connectivity index (χ4n) is 1.73. The van der Waals surface area contributed by atoms with Gasteiger partial charge in [-0.1, -0.05) is 26.3 Å². The van der Waals surface area contributed by atoms with Gasteiger partial charge in [0.1, 0.15) is 12.2 Å². The van der Waals surface area contributed by atoms with E-state index in [1.165, 1.54) is 0 Å². The number of aliphatic imine (C=N–C) groups is 1. The summed E-state index contributed by atoms with van der Waals surface area (Å²) in [6.07, 6.45) is 6.74. The van der Waals surface area contributed by atoms with E-state index in [-0.39, 0.29) is 24.0 Å². The van der Waals surface area contributed by atoms with E-state index in [0.717, 1.165) is 50.7 Å². The van der Waals surface area contributed by atoms with E-state index in [0.29, 0.717) is 6.54 Å². The molecule has 0 aliphatic rings. The van der Waals surface area contributed by atoms with Crippen LogP contribution >= 0.6 is 24.0 Å². The Balaban J connectivity index is 0.00000400. The number of rotatable bonds is 9. The number of hydrogen-bond acceptors (Lipinski definition) is 3. The SMILES string of the molecule is C=CCNC(=NCCCC)NCCn1cnnc1CC.I. The highest BCUT2D eigenvalue weighted by atomic mass is 127. The quantitative estimate of drug-likeness (QED) is 0.216. The van der Waals surface area contributed by atoms with E-state index in [1.807, 2.05) is 6.08 Å². The van der Waals surface area contributed by atoms with Gasteiger partial charge in [-0.15, -0.1) is 40.8 Å². The number of hydrogen-bond donors (Lipinski definition) is 2.